The van der Waals surface area contributed by atoms with Crippen LogP contribution in [0.1, 0.15) is 104 Å². The Morgan fingerprint density at radius 2 is 1.00 bits per heavy atom. The van der Waals surface area contributed by atoms with E-state index in [4.69, 9.17) is 4.18 Å². The van der Waals surface area contributed by atoms with Crippen molar-refractivity contribution in [2.45, 2.75) is 104 Å². The third kappa shape index (κ3) is 21.4. The molecule has 0 aromatic heterocycles. The van der Waals surface area contributed by atoms with Gasteiger partial charge in [-0.2, -0.15) is 8.42 Å². The molecule has 0 aliphatic heterocycles. The maximum atomic E-state index is 11.7. The summed E-state index contributed by atoms with van der Waals surface area (Å²) in [6, 6.07) is 0. The molecule has 0 unspecified atom stereocenters. The fourth-order valence-corrected chi connectivity index (χ4v) is 3.59. The third-order valence-corrected chi connectivity index (χ3v) is 5.32. The molecule has 0 aliphatic carbocycles. The Bertz CT molecular complexity index is 318. The van der Waals surface area contributed by atoms with Gasteiger partial charge < -0.3 is 0 Å². The second-order valence-electron chi connectivity index (χ2n) is 6.33. The first-order valence-corrected chi connectivity index (χ1v) is 11.1. The molecular weight excluding hydrogens is 434 g/mol. The van der Waals surface area contributed by atoms with Crippen LogP contribution in [0, 0.1) is 0 Å². The summed E-state index contributed by atoms with van der Waals surface area (Å²) in [6.45, 7) is 4.78. The van der Waals surface area contributed by atoms with Crippen LogP contribution in [0.4, 0.5) is 0 Å². The molecule has 0 atom stereocenters. The Labute approximate surface area is 185 Å². The van der Waals surface area contributed by atoms with E-state index in [9.17, 15) is 8.42 Å². The number of unbranched alkanes of at least 4 members (excludes halogenated alkanes) is 12. The SMILES string of the molecule is CCCCCCCCCOS(=O)(=O)CCCCCCCCC.[BaH2]. The summed E-state index contributed by atoms with van der Waals surface area (Å²) in [4.78, 5) is 0. The summed E-state index contributed by atoms with van der Waals surface area (Å²) in [5, 5.41) is 0. The van der Waals surface area contributed by atoms with Gasteiger partial charge in [0, 0.05) is 0 Å². The molecule has 0 bridgehead atoms. The van der Waals surface area contributed by atoms with E-state index < -0.39 is 10.1 Å². The van der Waals surface area contributed by atoms with E-state index in [1.54, 1.807) is 0 Å². The molecule has 23 heavy (non-hydrogen) atoms. The quantitative estimate of drug-likeness (QED) is 0.171. The van der Waals surface area contributed by atoms with Gasteiger partial charge in [-0.05, 0) is 12.8 Å². The molecular formula is C18H40BaO3S. The van der Waals surface area contributed by atoms with Crippen LogP contribution in [0.5, 0.6) is 0 Å². The van der Waals surface area contributed by atoms with Gasteiger partial charge in [-0.15, -0.1) is 0 Å². The van der Waals surface area contributed by atoms with Crippen molar-refractivity contribution in [3.63, 3.8) is 0 Å². The molecule has 0 rings (SSSR count). The molecule has 0 heterocycles. The van der Waals surface area contributed by atoms with Crippen LogP contribution in [0.25, 0.3) is 0 Å². The van der Waals surface area contributed by atoms with Crippen LogP contribution in [-0.4, -0.2) is 69.7 Å². The van der Waals surface area contributed by atoms with E-state index in [0.717, 1.165) is 32.1 Å². The molecule has 0 saturated carbocycles. The van der Waals surface area contributed by atoms with E-state index in [1.165, 1.54) is 57.8 Å². The Balaban J connectivity index is 0. The normalized spacial score (nSPS) is 11.4. The summed E-state index contributed by atoms with van der Waals surface area (Å²) in [5.74, 6) is 0.192. The van der Waals surface area contributed by atoms with E-state index in [2.05, 4.69) is 13.8 Å². The van der Waals surface area contributed by atoms with Crippen molar-refractivity contribution in [1.82, 2.24) is 0 Å². The topological polar surface area (TPSA) is 43.4 Å². The molecule has 0 saturated heterocycles. The van der Waals surface area contributed by atoms with E-state index >= 15 is 0 Å². The van der Waals surface area contributed by atoms with Crippen molar-refractivity contribution in [1.29, 1.82) is 0 Å². The first kappa shape index (κ1) is 26.7. The molecule has 0 amide bonds. The second kappa shape index (κ2) is 19.8. The van der Waals surface area contributed by atoms with Crippen LogP contribution in [0.2, 0.25) is 0 Å². The van der Waals surface area contributed by atoms with E-state index in [-0.39, 0.29) is 54.6 Å². The van der Waals surface area contributed by atoms with Crippen molar-refractivity contribution < 1.29 is 12.6 Å². The van der Waals surface area contributed by atoms with Gasteiger partial charge >= 0.3 is 48.9 Å². The summed E-state index contributed by atoms with van der Waals surface area (Å²) >= 11 is 0. The second-order valence-corrected chi connectivity index (χ2v) is 8.09. The van der Waals surface area contributed by atoms with Gasteiger partial charge in [0.1, 0.15) is 0 Å². The van der Waals surface area contributed by atoms with Crippen LogP contribution in [0.3, 0.4) is 0 Å². The summed E-state index contributed by atoms with van der Waals surface area (Å²) in [6.07, 6.45) is 16.2. The Morgan fingerprint density at radius 1 is 0.609 bits per heavy atom. The van der Waals surface area contributed by atoms with E-state index in [0.29, 0.717) is 6.61 Å². The van der Waals surface area contributed by atoms with Gasteiger partial charge in [0.2, 0.25) is 0 Å². The van der Waals surface area contributed by atoms with Gasteiger partial charge in [0.25, 0.3) is 10.1 Å². The van der Waals surface area contributed by atoms with Crippen LogP contribution in [-0.2, 0) is 14.3 Å². The molecule has 0 aromatic rings. The number of hydrogen-bond donors (Lipinski definition) is 0. The molecule has 138 valence electrons. The van der Waals surface area contributed by atoms with Gasteiger partial charge in [-0.1, -0.05) is 90.9 Å². The molecule has 0 aliphatic rings. The predicted octanol–water partition coefficient (Wildman–Crippen LogP) is 4.92. The Morgan fingerprint density at radius 3 is 1.48 bits per heavy atom. The zero-order chi connectivity index (χ0) is 16.5. The summed E-state index contributed by atoms with van der Waals surface area (Å²) in [5.41, 5.74) is 0. The van der Waals surface area contributed by atoms with Crippen molar-refractivity contribution >= 4 is 59.0 Å². The van der Waals surface area contributed by atoms with Crippen LogP contribution in [0.15, 0.2) is 0 Å². The van der Waals surface area contributed by atoms with Crippen LogP contribution >= 0.6 is 0 Å². The van der Waals surface area contributed by atoms with Gasteiger partial charge in [-0.3, -0.25) is 4.18 Å². The molecule has 0 radical (unpaired) electrons. The fourth-order valence-electron chi connectivity index (χ4n) is 2.54. The number of rotatable bonds is 17. The minimum atomic E-state index is -3.28. The number of hydrogen-bond acceptors (Lipinski definition) is 3. The molecule has 0 spiro atoms. The average molecular weight is 474 g/mol. The Hall–Kier alpha value is 1.48. The molecule has 0 N–H and O–H groups in total. The monoisotopic (exact) mass is 474 g/mol. The van der Waals surface area contributed by atoms with Crippen LogP contribution < -0.4 is 0 Å². The zero-order valence-corrected chi connectivity index (χ0v) is 15.8. The van der Waals surface area contributed by atoms with Gasteiger partial charge in [0.05, 0.1) is 12.4 Å². The first-order chi connectivity index (χ1) is 10.6. The van der Waals surface area contributed by atoms with Crippen molar-refractivity contribution in [2.75, 3.05) is 12.4 Å². The summed E-state index contributed by atoms with van der Waals surface area (Å²) < 4.78 is 28.5. The predicted molar refractivity (Wildman–Crippen MR) is 104 cm³/mol. The maximum absolute atomic E-state index is 11.7. The molecule has 0 fully saturated rings. The van der Waals surface area contributed by atoms with Crippen molar-refractivity contribution in [3.8, 4) is 0 Å². The third-order valence-electron chi connectivity index (χ3n) is 4.01. The molecule has 0 aromatic carbocycles. The average Bonchev–Trinajstić information content (AvgIpc) is 2.49. The molecule has 3 nitrogen and oxygen atoms in total. The van der Waals surface area contributed by atoms with E-state index in [1.807, 2.05) is 0 Å². The van der Waals surface area contributed by atoms with Crippen molar-refractivity contribution in [2.24, 2.45) is 0 Å². The fraction of sp³-hybridized carbons (Fsp3) is 1.00. The first-order valence-electron chi connectivity index (χ1n) is 9.49. The Kier molecular flexibility index (Phi) is 23.0. The standard InChI is InChI=1S/C18H38O3S.Ba.2H/c1-3-5-7-9-11-13-15-17-21-22(19,20)18-16-14-12-10-8-6-4-2;;;/h3-18H2,1-2H3;;;. The van der Waals surface area contributed by atoms with Gasteiger partial charge in [0.15, 0.2) is 0 Å². The molecule has 5 heteroatoms. The van der Waals surface area contributed by atoms with Crippen molar-refractivity contribution in [3.05, 3.63) is 0 Å². The zero-order valence-electron chi connectivity index (χ0n) is 14.9. The van der Waals surface area contributed by atoms with Gasteiger partial charge in [-0.25, -0.2) is 0 Å². The minimum absolute atomic E-state index is 0. The summed E-state index contributed by atoms with van der Waals surface area (Å²) in [7, 11) is -3.28.